The monoisotopic (exact) mass is 309 g/mol. The molecule has 4 rings (SSSR count). The number of nitrogen functional groups attached to an aromatic ring is 1. The van der Waals surface area contributed by atoms with Gasteiger partial charge in [0, 0.05) is 29.6 Å². The van der Waals surface area contributed by atoms with Crippen molar-refractivity contribution in [3.8, 4) is 22.6 Å². The molecule has 0 saturated heterocycles. The maximum absolute atomic E-state index is 13.6. The van der Waals surface area contributed by atoms with E-state index in [1.54, 1.807) is 29.2 Å². The van der Waals surface area contributed by atoms with Gasteiger partial charge in [-0.1, -0.05) is 0 Å². The van der Waals surface area contributed by atoms with E-state index in [0.717, 1.165) is 16.6 Å². The number of benzene rings is 1. The number of aromatic amines is 1. The highest BCUT2D eigenvalue weighted by atomic mass is 19.1. The Morgan fingerprint density at radius 2 is 2.09 bits per heavy atom. The van der Waals surface area contributed by atoms with E-state index in [1.807, 2.05) is 18.3 Å². The minimum absolute atomic E-state index is 0.0824. The molecule has 6 nitrogen and oxygen atoms in total. The van der Waals surface area contributed by atoms with Crippen LogP contribution >= 0.6 is 0 Å². The predicted octanol–water partition coefficient (Wildman–Crippen LogP) is 3.24. The fourth-order valence-electron chi connectivity index (χ4n) is 2.34. The van der Waals surface area contributed by atoms with Gasteiger partial charge in [-0.05, 0) is 24.3 Å². The van der Waals surface area contributed by atoms with Gasteiger partial charge in [0.2, 0.25) is 0 Å². The highest BCUT2D eigenvalue weighted by Crippen LogP contribution is 2.31. The van der Waals surface area contributed by atoms with Crippen LogP contribution in [0.3, 0.4) is 0 Å². The second-order valence-corrected chi connectivity index (χ2v) is 5.03. The van der Waals surface area contributed by atoms with Gasteiger partial charge in [0.05, 0.1) is 18.1 Å². The van der Waals surface area contributed by atoms with Crippen LogP contribution in [-0.2, 0) is 0 Å². The van der Waals surface area contributed by atoms with Crippen molar-refractivity contribution in [1.82, 2.24) is 19.8 Å². The molecule has 0 bridgehead atoms. The number of aromatic nitrogens is 4. The van der Waals surface area contributed by atoms with Crippen LogP contribution in [0.4, 0.5) is 10.1 Å². The van der Waals surface area contributed by atoms with Crippen molar-refractivity contribution >= 4 is 11.2 Å². The smallest absolute Gasteiger partial charge is 0.153 e. The third kappa shape index (κ3) is 2.38. The van der Waals surface area contributed by atoms with Crippen LogP contribution in [0.15, 0.2) is 55.1 Å². The van der Waals surface area contributed by atoms with E-state index < -0.39 is 5.82 Å². The van der Waals surface area contributed by atoms with Gasteiger partial charge < -0.3 is 10.5 Å². The number of nitrogens with one attached hydrogen (secondary N) is 1. The molecule has 0 aliphatic heterocycles. The number of halogens is 1. The summed E-state index contributed by atoms with van der Waals surface area (Å²) in [6.07, 6.45) is 7.02. The first-order chi connectivity index (χ1) is 11.2. The van der Waals surface area contributed by atoms with Crippen LogP contribution < -0.4 is 10.5 Å². The Morgan fingerprint density at radius 1 is 1.17 bits per heavy atom. The number of hydrogen-bond donors (Lipinski definition) is 2. The predicted molar refractivity (Wildman–Crippen MR) is 83.7 cm³/mol. The van der Waals surface area contributed by atoms with Gasteiger partial charge in [-0.3, -0.25) is 5.10 Å². The Kier molecular flexibility index (Phi) is 2.97. The number of rotatable bonds is 3. The third-order valence-corrected chi connectivity index (χ3v) is 3.50. The lowest BCUT2D eigenvalue weighted by atomic mass is 10.1. The average molecular weight is 309 g/mol. The van der Waals surface area contributed by atoms with Crippen molar-refractivity contribution in [2.75, 3.05) is 5.73 Å². The number of nitrogens with zero attached hydrogens (tertiary/aromatic N) is 3. The molecule has 0 saturated carbocycles. The summed E-state index contributed by atoms with van der Waals surface area (Å²) in [6.45, 7) is 0. The van der Waals surface area contributed by atoms with E-state index in [-0.39, 0.29) is 5.69 Å². The molecule has 0 radical (unpaired) electrons. The lowest BCUT2D eigenvalue weighted by Crippen LogP contribution is -1.95. The number of pyridine rings is 1. The lowest BCUT2D eigenvalue weighted by Gasteiger charge is -2.10. The zero-order chi connectivity index (χ0) is 15.8. The van der Waals surface area contributed by atoms with E-state index in [9.17, 15) is 4.39 Å². The SMILES string of the molecule is Nc1ccc(Oc2cc(-c3cn[nH]c3)cn3nccc23)cc1F. The Labute approximate surface area is 130 Å². The van der Waals surface area contributed by atoms with E-state index in [1.165, 1.54) is 12.1 Å². The number of nitrogens with two attached hydrogens (primary N) is 1. The highest BCUT2D eigenvalue weighted by molar-refractivity contribution is 5.70. The summed E-state index contributed by atoms with van der Waals surface area (Å²) in [5, 5.41) is 10.9. The van der Waals surface area contributed by atoms with Crippen LogP contribution in [0, 0.1) is 5.82 Å². The van der Waals surface area contributed by atoms with Gasteiger partial charge in [-0.15, -0.1) is 0 Å². The summed E-state index contributed by atoms with van der Waals surface area (Å²) in [4.78, 5) is 0. The van der Waals surface area contributed by atoms with Crippen molar-refractivity contribution in [3.05, 3.63) is 60.9 Å². The second-order valence-electron chi connectivity index (χ2n) is 5.03. The minimum atomic E-state index is -0.516. The third-order valence-electron chi connectivity index (χ3n) is 3.50. The first kappa shape index (κ1) is 13.3. The van der Waals surface area contributed by atoms with Crippen molar-refractivity contribution in [1.29, 1.82) is 0 Å². The Morgan fingerprint density at radius 3 is 2.87 bits per heavy atom. The normalized spacial score (nSPS) is 11.0. The Hall–Kier alpha value is -3.35. The zero-order valence-corrected chi connectivity index (χ0v) is 11.9. The molecule has 23 heavy (non-hydrogen) atoms. The summed E-state index contributed by atoms with van der Waals surface area (Å²) < 4.78 is 21.1. The second kappa shape index (κ2) is 5.13. The van der Waals surface area contributed by atoms with E-state index in [0.29, 0.717) is 11.5 Å². The van der Waals surface area contributed by atoms with Gasteiger partial charge in [0.25, 0.3) is 0 Å². The molecular formula is C16H12FN5O. The summed E-state index contributed by atoms with van der Waals surface area (Å²) in [6, 6.07) is 8.03. The standard InChI is InChI=1S/C16H12FN5O/c17-13-6-12(1-2-14(13)18)23-16-5-10(11-7-19-20-8-11)9-22-15(16)3-4-21-22/h1-9H,18H2,(H,19,20). The highest BCUT2D eigenvalue weighted by Gasteiger charge is 2.10. The molecule has 3 N–H and O–H groups in total. The summed E-state index contributed by atoms with van der Waals surface area (Å²) in [7, 11) is 0. The van der Waals surface area contributed by atoms with Crippen molar-refractivity contribution < 1.29 is 9.13 Å². The Balaban J connectivity index is 1.81. The molecular weight excluding hydrogens is 297 g/mol. The van der Waals surface area contributed by atoms with Crippen molar-refractivity contribution in [2.45, 2.75) is 0 Å². The first-order valence-corrected chi connectivity index (χ1v) is 6.90. The molecule has 0 aliphatic rings. The van der Waals surface area contributed by atoms with Crippen LogP contribution in [-0.4, -0.2) is 19.8 Å². The average Bonchev–Trinajstić information content (AvgIpc) is 3.21. The van der Waals surface area contributed by atoms with Gasteiger partial charge in [0.15, 0.2) is 5.75 Å². The topological polar surface area (TPSA) is 81.2 Å². The molecule has 3 heterocycles. The maximum atomic E-state index is 13.6. The number of ether oxygens (including phenoxy) is 1. The molecule has 0 aliphatic carbocycles. The zero-order valence-electron chi connectivity index (χ0n) is 11.9. The van der Waals surface area contributed by atoms with Crippen LogP contribution in [0.2, 0.25) is 0 Å². The maximum Gasteiger partial charge on any atom is 0.153 e. The number of hydrogen-bond acceptors (Lipinski definition) is 4. The summed E-state index contributed by atoms with van der Waals surface area (Å²) in [5.74, 6) is 0.410. The summed E-state index contributed by atoms with van der Waals surface area (Å²) in [5.41, 5.74) is 8.12. The van der Waals surface area contributed by atoms with E-state index in [4.69, 9.17) is 10.5 Å². The molecule has 0 fully saturated rings. The van der Waals surface area contributed by atoms with E-state index in [2.05, 4.69) is 15.3 Å². The lowest BCUT2D eigenvalue weighted by molar-refractivity contribution is 0.480. The molecule has 1 aromatic carbocycles. The van der Waals surface area contributed by atoms with Crippen molar-refractivity contribution in [2.24, 2.45) is 0 Å². The number of H-pyrrole nitrogens is 1. The largest absolute Gasteiger partial charge is 0.455 e. The van der Waals surface area contributed by atoms with Crippen LogP contribution in [0.1, 0.15) is 0 Å². The van der Waals surface area contributed by atoms with Gasteiger partial charge in [-0.2, -0.15) is 10.2 Å². The molecule has 114 valence electrons. The van der Waals surface area contributed by atoms with E-state index >= 15 is 0 Å². The molecule has 0 amide bonds. The van der Waals surface area contributed by atoms with Crippen LogP contribution in [0.5, 0.6) is 11.5 Å². The summed E-state index contributed by atoms with van der Waals surface area (Å²) >= 11 is 0. The molecule has 0 atom stereocenters. The fraction of sp³-hybridized carbons (Fsp3) is 0. The van der Waals surface area contributed by atoms with Gasteiger partial charge in [0.1, 0.15) is 17.1 Å². The van der Waals surface area contributed by atoms with Crippen LogP contribution in [0.25, 0.3) is 16.6 Å². The minimum Gasteiger partial charge on any atom is -0.455 e. The molecule has 0 spiro atoms. The number of fused-ring (bicyclic) bond motifs is 1. The molecule has 7 heteroatoms. The Bertz CT molecular complexity index is 977. The number of anilines is 1. The molecule has 0 unspecified atom stereocenters. The molecule has 3 aromatic heterocycles. The van der Waals surface area contributed by atoms with Gasteiger partial charge in [-0.25, -0.2) is 8.91 Å². The van der Waals surface area contributed by atoms with Gasteiger partial charge >= 0.3 is 0 Å². The van der Waals surface area contributed by atoms with Crippen molar-refractivity contribution in [3.63, 3.8) is 0 Å². The fourth-order valence-corrected chi connectivity index (χ4v) is 2.34. The first-order valence-electron chi connectivity index (χ1n) is 6.90. The molecule has 4 aromatic rings. The quantitative estimate of drug-likeness (QED) is 0.569.